The monoisotopic (exact) mass is 305 g/mol. The Morgan fingerprint density at radius 1 is 0.913 bits per heavy atom. The van der Waals surface area contributed by atoms with Gasteiger partial charge >= 0.3 is 0 Å². The van der Waals surface area contributed by atoms with Gasteiger partial charge in [0.25, 0.3) is 0 Å². The first-order valence-corrected chi connectivity index (χ1v) is 7.87. The summed E-state index contributed by atoms with van der Waals surface area (Å²) in [5.74, 6) is -0.179. The molecule has 0 spiro atoms. The standard InChI is InChI=1S/C19H19N3O/c20-14-19(12-4-5-13-19)18(23)22-17-10-8-16(9-11-17)21-15-6-2-1-3-7-15/h1-3,6-11,21H,4-5,12-13H2,(H,22,23). The highest BCUT2D eigenvalue weighted by Gasteiger charge is 2.41. The molecule has 2 aromatic rings. The number of nitriles is 1. The van der Waals surface area contributed by atoms with E-state index in [2.05, 4.69) is 16.7 Å². The summed E-state index contributed by atoms with van der Waals surface area (Å²) < 4.78 is 0. The van der Waals surface area contributed by atoms with Gasteiger partial charge in [-0.2, -0.15) is 5.26 Å². The third-order valence-electron chi connectivity index (χ3n) is 4.31. The molecule has 3 rings (SSSR count). The van der Waals surface area contributed by atoms with Crippen LogP contribution < -0.4 is 10.6 Å². The van der Waals surface area contributed by atoms with Crippen LogP contribution in [-0.4, -0.2) is 5.91 Å². The van der Waals surface area contributed by atoms with Gasteiger partial charge in [-0.15, -0.1) is 0 Å². The number of hydrogen-bond donors (Lipinski definition) is 2. The van der Waals surface area contributed by atoms with Gasteiger partial charge < -0.3 is 10.6 Å². The van der Waals surface area contributed by atoms with Crippen LogP contribution >= 0.6 is 0 Å². The molecule has 0 aromatic heterocycles. The molecule has 2 N–H and O–H groups in total. The SMILES string of the molecule is N#CC1(C(=O)Nc2ccc(Nc3ccccc3)cc2)CCCC1. The quantitative estimate of drug-likeness (QED) is 0.877. The van der Waals surface area contributed by atoms with Gasteiger partial charge in [-0.1, -0.05) is 31.0 Å². The second-order valence-electron chi connectivity index (χ2n) is 5.92. The normalized spacial score (nSPS) is 15.6. The first-order valence-electron chi connectivity index (χ1n) is 7.87. The lowest BCUT2D eigenvalue weighted by molar-refractivity contribution is -0.122. The van der Waals surface area contributed by atoms with Crippen LogP contribution in [0.5, 0.6) is 0 Å². The van der Waals surface area contributed by atoms with E-state index in [-0.39, 0.29) is 5.91 Å². The number of carbonyl (C=O) groups is 1. The molecule has 0 bridgehead atoms. The molecule has 116 valence electrons. The lowest BCUT2D eigenvalue weighted by Gasteiger charge is -2.19. The number of hydrogen-bond acceptors (Lipinski definition) is 3. The molecular formula is C19H19N3O. The average molecular weight is 305 g/mol. The molecule has 0 aliphatic heterocycles. The molecule has 23 heavy (non-hydrogen) atoms. The van der Waals surface area contributed by atoms with Crippen LogP contribution in [0.2, 0.25) is 0 Å². The molecule has 4 nitrogen and oxygen atoms in total. The van der Waals surface area contributed by atoms with Crippen LogP contribution in [0.15, 0.2) is 54.6 Å². The second-order valence-corrected chi connectivity index (χ2v) is 5.92. The number of para-hydroxylation sites is 1. The number of nitrogens with one attached hydrogen (secondary N) is 2. The van der Waals surface area contributed by atoms with Crippen molar-refractivity contribution in [3.05, 3.63) is 54.6 Å². The van der Waals surface area contributed by atoms with Gasteiger partial charge in [-0.25, -0.2) is 0 Å². The average Bonchev–Trinajstić information content (AvgIpc) is 3.08. The highest BCUT2D eigenvalue weighted by molar-refractivity contribution is 5.97. The van der Waals surface area contributed by atoms with E-state index in [9.17, 15) is 10.1 Å². The zero-order valence-corrected chi connectivity index (χ0v) is 12.9. The van der Waals surface area contributed by atoms with E-state index in [1.165, 1.54) is 0 Å². The van der Waals surface area contributed by atoms with Crippen molar-refractivity contribution in [3.8, 4) is 6.07 Å². The summed E-state index contributed by atoms with van der Waals surface area (Å²) in [6.07, 6.45) is 3.20. The fourth-order valence-corrected chi connectivity index (χ4v) is 2.94. The Hall–Kier alpha value is -2.80. The second kappa shape index (κ2) is 6.53. The topological polar surface area (TPSA) is 64.9 Å². The molecule has 4 heteroatoms. The van der Waals surface area contributed by atoms with Crippen LogP contribution in [0.4, 0.5) is 17.1 Å². The van der Waals surface area contributed by atoms with E-state index in [4.69, 9.17) is 0 Å². The molecule has 1 aliphatic carbocycles. The highest BCUT2D eigenvalue weighted by Crippen LogP contribution is 2.38. The Kier molecular flexibility index (Phi) is 4.29. The molecular weight excluding hydrogens is 286 g/mol. The number of carbonyl (C=O) groups excluding carboxylic acids is 1. The Bertz CT molecular complexity index is 711. The van der Waals surface area contributed by atoms with Crippen molar-refractivity contribution in [1.29, 1.82) is 5.26 Å². The van der Waals surface area contributed by atoms with Crippen molar-refractivity contribution in [1.82, 2.24) is 0 Å². The van der Waals surface area contributed by atoms with Crippen LogP contribution in [0, 0.1) is 16.7 Å². The van der Waals surface area contributed by atoms with Gasteiger partial charge in [0, 0.05) is 17.1 Å². The van der Waals surface area contributed by atoms with Gasteiger partial charge in [0.15, 0.2) is 0 Å². The molecule has 0 saturated heterocycles. The maximum atomic E-state index is 12.4. The minimum atomic E-state index is -0.846. The summed E-state index contributed by atoms with van der Waals surface area (Å²) in [5, 5.41) is 15.5. The first kappa shape index (κ1) is 15.1. The van der Waals surface area contributed by atoms with Crippen molar-refractivity contribution in [2.24, 2.45) is 5.41 Å². The van der Waals surface area contributed by atoms with E-state index in [1.54, 1.807) is 0 Å². The number of amides is 1. The Morgan fingerprint density at radius 2 is 1.48 bits per heavy atom. The Balaban J connectivity index is 1.66. The van der Waals surface area contributed by atoms with Gasteiger partial charge in [0.1, 0.15) is 5.41 Å². The molecule has 0 radical (unpaired) electrons. The summed E-state index contributed by atoms with van der Waals surface area (Å²) in [5.41, 5.74) is 1.83. The Labute approximate surface area is 136 Å². The fraction of sp³-hybridized carbons (Fsp3) is 0.263. The van der Waals surface area contributed by atoms with E-state index < -0.39 is 5.41 Å². The van der Waals surface area contributed by atoms with Gasteiger partial charge in [0.2, 0.25) is 5.91 Å². The summed E-state index contributed by atoms with van der Waals surface area (Å²) in [6.45, 7) is 0. The van der Waals surface area contributed by atoms with Crippen LogP contribution in [0.25, 0.3) is 0 Å². The molecule has 1 fully saturated rings. The summed E-state index contributed by atoms with van der Waals surface area (Å²) in [4.78, 5) is 12.4. The predicted molar refractivity (Wildman–Crippen MR) is 91.3 cm³/mol. The number of nitrogens with zero attached hydrogens (tertiary/aromatic N) is 1. The smallest absolute Gasteiger partial charge is 0.244 e. The molecule has 1 aliphatic rings. The van der Waals surface area contributed by atoms with E-state index in [0.29, 0.717) is 12.8 Å². The molecule has 1 amide bonds. The van der Waals surface area contributed by atoms with Gasteiger partial charge in [-0.3, -0.25) is 4.79 Å². The van der Waals surface area contributed by atoms with E-state index >= 15 is 0 Å². The van der Waals surface area contributed by atoms with Crippen molar-refractivity contribution in [2.45, 2.75) is 25.7 Å². The van der Waals surface area contributed by atoms with Crippen molar-refractivity contribution in [2.75, 3.05) is 10.6 Å². The van der Waals surface area contributed by atoms with Gasteiger partial charge in [0.05, 0.1) is 6.07 Å². The first-order chi connectivity index (χ1) is 11.2. The molecule has 0 atom stereocenters. The van der Waals surface area contributed by atoms with Gasteiger partial charge in [-0.05, 0) is 49.2 Å². The zero-order valence-electron chi connectivity index (χ0n) is 12.9. The summed E-state index contributed by atoms with van der Waals surface area (Å²) in [7, 11) is 0. The third kappa shape index (κ3) is 3.35. The van der Waals surface area contributed by atoms with Crippen molar-refractivity contribution >= 4 is 23.0 Å². The Morgan fingerprint density at radius 3 is 2.09 bits per heavy atom. The summed E-state index contributed by atoms with van der Waals surface area (Å²) >= 11 is 0. The largest absolute Gasteiger partial charge is 0.356 e. The summed E-state index contributed by atoms with van der Waals surface area (Å²) in [6, 6.07) is 19.6. The minimum absolute atomic E-state index is 0.179. The highest BCUT2D eigenvalue weighted by atomic mass is 16.2. The lowest BCUT2D eigenvalue weighted by atomic mass is 9.87. The lowest BCUT2D eigenvalue weighted by Crippen LogP contribution is -2.32. The molecule has 1 saturated carbocycles. The molecule has 2 aromatic carbocycles. The number of rotatable bonds is 4. The molecule has 0 heterocycles. The van der Waals surface area contributed by atoms with E-state index in [0.717, 1.165) is 29.9 Å². The maximum Gasteiger partial charge on any atom is 0.244 e. The number of anilines is 3. The maximum absolute atomic E-state index is 12.4. The van der Waals surface area contributed by atoms with Crippen LogP contribution in [0.1, 0.15) is 25.7 Å². The fourth-order valence-electron chi connectivity index (χ4n) is 2.94. The van der Waals surface area contributed by atoms with Crippen LogP contribution in [0.3, 0.4) is 0 Å². The van der Waals surface area contributed by atoms with Crippen molar-refractivity contribution in [3.63, 3.8) is 0 Å². The van der Waals surface area contributed by atoms with Crippen molar-refractivity contribution < 1.29 is 4.79 Å². The van der Waals surface area contributed by atoms with E-state index in [1.807, 2.05) is 54.6 Å². The zero-order chi connectivity index (χ0) is 16.1. The minimum Gasteiger partial charge on any atom is -0.356 e. The molecule has 0 unspecified atom stereocenters. The third-order valence-corrected chi connectivity index (χ3v) is 4.31. The predicted octanol–water partition coefficient (Wildman–Crippen LogP) is 4.45. The number of benzene rings is 2. The van der Waals surface area contributed by atoms with Crippen LogP contribution in [-0.2, 0) is 4.79 Å².